The minimum absolute atomic E-state index is 0.102. The zero-order chi connectivity index (χ0) is 13.7. The third-order valence-electron chi connectivity index (χ3n) is 3.25. The van der Waals surface area contributed by atoms with Crippen LogP contribution in [0.3, 0.4) is 0 Å². The molecule has 0 aliphatic carbocycles. The van der Waals surface area contributed by atoms with Gasteiger partial charge in [-0.1, -0.05) is 0 Å². The summed E-state index contributed by atoms with van der Waals surface area (Å²) >= 11 is 0. The molecule has 1 amide bonds. The van der Waals surface area contributed by atoms with E-state index in [2.05, 4.69) is 10.1 Å². The molecule has 0 saturated carbocycles. The molecular weight excluding hydrogens is 220 g/mol. The van der Waals surface area contributed by atoms with Crippen molar-refractivity contribution in [1.29, 1.82) is 0 Å². The Morgan fingerprint density at radius 3 is 2.18 bits per heavy atom. The average molecular weight is 244 g/mol. The molecule has 0 heterocycles. The molecule has 0 aliphatic rings. The SMILES string of the molecule is COC(=O)CCCNC(=O)C(C)(C)C(C)(C)N. The third-order valence-corrected chi connectivity index (χ3v) is 3.25. The second-order valence-corrected chi connectivity index (χ2v) is 5.28. The van der Waals surface area contributed by atoms with E-state index in [0.717, 1.165) is 0 Å². The first-order chi connectivity index (χ1) is 7.63. The van der Waals surface area contributed by atoms with Crippen LogP contribution >= 0.6 is 0 Å². The van der Waals surface area contributed by atoms with Crippen LogP contribution in [-0.4, -0.2) is 31.1 Å². The molecule has 0 unspecified atom stereocenters. The van der Waals surface area contributed by atoms with Crippen molar-refractivity contribution in [2.75, 3.05) is 13.7 Å². The maximum atomic E-state index is 11.9. The molecule has 0 aromatic carbocycles. The number of carbonyl (C=O) groups excluding carboxylic acids is 2. The van der Waals surface area contributed by atoms with Crippen LogP contribution in [0.5, 0.6) is 0 Å². The summed E-state index contributed by atoms with van der Waals surface area (Å²) in [6.07, 6.45) is 0.878. The van der Waals surface area contributed by atoms with Crippen molar-refractivity contribution in [1.82, 2.24) is 5.32 Å². The normalized spacial score (nSPS) is 12.1. The van der Waals surface area contributed by atoms with E-state index in [4.69, 9.17) is 5.73 Å². The number of hydrogen-bond acceptors (Lipinski definition) is 4. The predicted molar refractivity (Wildman–Crippen MR) is 66.3 cm³/mol. The Hall–Kier alpha value is -1.10. The van der Waals surface area contributed by atoms with E-state index in [1.807, 2.05) is 27.7 Å². The van der Waals surface area contributed by atoms with Gasteiger partial charge in [-0.2, -0.15) is 0 Å². The van der Waals surface area contributed by atoms with Crippen LogP contribution in [-0.2, 0) is 14.3 Å². The Labute approximate surface area is 103 Å². The highest BCUT2D eigenvalue weighted by Crippen LogP contribution is 2.28. The quantitative estimate of drug-likeness (QED) is 0.535. The van der Waals surface area contributed by atoms with Gasteiger partial charge in [0.1, 0.15) is 0 Å². The monoisotopic (exact) mass is 244 g/mol. The lowest BCUT2D eigenvalue weighted by atomic mass is 9.74. The molecular formula is C12H24N2O3. The van der Waals surface area contributed by atoms with Crippen molar-refractivity contribution in [3.8, 4) is 0 Å². The number of nitrogens with one attached hydrogen (secondary N) is 1. The zero-order valence-corrected chi connectivity index (χ0v) is 11.4. The van der Waals surface area contributed by atoms with E-state index in [9.17, 15) is 9.59 Å². The Bertz CT molecular complexity index is 280. The van der Waals surface area contributed by atoms with Crippen molar-refractivity contribution < 1.29 is 14.3 Å². The summed E-state index contributed by atoms with van der Waals surface area (Å²) in [5.74, 6) is -0.368. The molecule has 0 saturated heterocycles. The molecule has 3 N–H and O–H groups in total. The number of hydrogen-bond donors (Lipinski definition) is 2. The van der Waals surface area contributed by atoms with Crippen LogP contribution in [0.1, 0.15) is 40.5 Å². The maximum Gasteiger partial charge on any atom is 0.305 e. The minimum atomic E-state index is -0.654. The van der Waals surface area contributed by atoms with Gasteiger partial charge in [0.25, 0.3) is 0 Å². The molecule has 5 heteroatoms. The number of carbonyl (C=O) groups is 2. The summed E-state index contributed by atoms with van der Waals surface area (Å²) in [6, 6.07) is 0. The van der Waals surface area contributed by atoms with Gasteiger partial charge in [0.15, 0.2) is 0 Å². The minimum Gasteiger partial charge on any atom is -0.469 e. The number of ether oxygens (including phenoxy) is 1. The highest BCUT2D eigenvalue weighted by molar-refractivity contribution is 5.83. The van der Waals surface area contributed by atoms with Gasteiger partial charge in [0.2, 0.25) is 5.91 Å². The van der Waals surface area contributed by atoms with E-state index in [0.29, 0.717) is 19.4 Å². The maximum absolute atomic E-state index is 11.9. The topological polar surface area (TPSA) is 81.4 Å². The summed E-state index contributed by atoms with van der Waals surface area (Å²) in [5, 5.41) is 2.78. The molecule has 100 valence electrons. The number of nitrogens with two attached hydrogens (primary N) is 1. The molecule has 17 heavy (non-hydrogen) atoms. The highest BCUT2D eigenvalue weighted by Gasteiger charge is 2.40. The fourth-order valence-corrected chi connectivity index (χ4v) is 1.05. The lowest BCUT2D eigenvalue weighted by Crippen LogP contribution is -2.55. The Morgan fingerprint density at radius 1 is 1.24 bits per heavy atom. The van der Waals surface area contributed by atoms with Crippen LogP contribution in [0, 0.1) is 5.41 Å². The van der Waals surface area contributed by atoms with E-state index in [1.165, 1.54) is 7.11 Å². The zero-order valence-electron chi connectivity index (χ0n) is 11.4. The highest BCUT2D eigenvalue weighted by atomic mass is 16.5. The average Bonchev–Trinajstić information content (AvgIpc) is 2.21. The van der Waals surface area contributed by atoms with Crippen molar-refractivity contribution in [3.63, 3.8) is 0 Å². The van der Waals surface area contributed by atoms with E-state index < -0.39 is 11.0 Å². The van der Waals surface area contributed by atoms with Gasteiger partial charge < -0.3 is 15.8 Å². The van der Waals surface area contributed by atoms with E-state index in [1.54, 1.807) is 0 Å². The molecule has 0 aliphatic heterocycles. The summed E-state index contributed by atoms with van der Waals surface area (Å²) in [6.45, 7) is 7.71. The Kier molecular flexibility index (Phi) is 5.61. The lowest BCUT2D eigenvalue weighted by molar-refractivity contribution is -0.141. The van der Waals surface area contributed by atoms with Crippen LogP contribution in [0.4, 0.5) is 0 Å². The first kappa shape index (κ1) is 15.9. The van der Waals surface area contributed by atoms with Gasteiger partial charge in [0, 0.05) is 18.5 Å². The predicted octanol–water partition coefficient (Wildman–Crippen LogP) is 0.819. The van der Waals surface area contributed by atoms with Gasteiger partial charge in [0.05, 0.1) is 12.5 Å². The molecule has 0 aromatic rings. The Balaban J connectivity index is 4.07. The number of rotatable bonds is 6. The second-order valence-electron chi connectivity index (χ2n) is 5.28. The molecule has 5 nitrogen and oxygen atoms in total. The standard InChI is InChI=1S/C12H24N2O3/c1-11(2,12(3,4)13)10(16)14-8-6-7-9(15)17-5/h6-8,13H2,1-5H3,(H,14,16). The molecule has 0 radical (unpaired) electrons. The summed E-state index contributed by atoms with van der Waals surface area (Å²) in [4.78, 5) is 22.8. The van der Waals surface area contributed by atoms with E-state index >= 15 is 0 Å². The molecule has 0 fully saturated rings. The molecule has 0 spiro atoms. The number of amides is 1. The van der Waals surface area contributed by atoms with Crippen molar-refractivity contribution in [2.24, 2.45) is 11.1 Å². The summed E-state index contributed by atoms with van der Waals surface area (Å²) in [7, 11) is 1.35. The van der Waals surface area contributed by atoms with Crippen molar-refractivity contribution in [2.45, 2.75) is 46.1 Å². The fourth-order valence-electron chi connectivity index (χ4n) is 1.05. The Morgan fingerprint density at radius 2 is 1.76 bits per heavy atom. The van der Waals surface area contributed by atoms with Crippen molar-refractivity contribution >= 4 is 11.9 Å². The van der Waals surface area contributed by atoms with Crippen LogP contribution in [0.15, 0.2) is 0 Å². The lowest BCUT2D eigenvalue weighted by Gasteiger charge is -2.36. The fraction of sp³-hybridized carbons (Fsp3) is 0.833. The summed E-state index contributed by atoms with van der Waals surface area (Å²) < 4.78 is 4.51. The van der Waals surface area contributed by atoms with Gasteiger partial charge in [-0.15, -0.1) is 0 Å². The molecule has 0 atom stereocenters. The third kappa shape index (κ3) is 4.73. The van der Waals surface area contributed by atoms with Gasteiger partial charge in [-0.3, -0.25) is 9.59 Å². The first-order valence-corrected chi connectivity index (χ1v) is 5.77. The number of methoxy groups -OCH3 is 1. The second kappa shape index (κ2) is 6.00. The van der Waals surface area contributed by atoms with Gasteiger partial charge in [-0.25, -0.2) is 0 Å². The number of esters is 1. The van der Waals surface area contributed by atoms with Crippen LogP contribution < -0.4 is 11.1 Å². The van der Waals surface area contributed by atoms with Crippen molar-refractivity contribution in [3.05, 3.63) is 0 Å². The first-order valence-electron chi connectivity index (χ1n) is 5.77. The molecule has 0 aromatic heterocycles. The van der Waals surface area contributed by atoms with Gasteiger partial charge in [-0.05, 0) is 34.1 Å². The smallest absolute Gasteiger partial charge is 0.305 e. The van der Waals surface area contributed by atoms with Crippen LogP contribution in [0.2, 0.25) is 0 Å². The van der Waals surface area contributed by atoms with Gasteiger partial charge >= 0.3 is 5.97 Å². The largest absolute Gasteiger partial charge is 0.469 e. The molecule has 0 bridgehead atoms. The molecule has 0 rings (SSSR count). The summed E-state index contributed by atoms with van der Waals surface area (Å²) in [5.41, 5.74) is 4.70. The van der Waals surface area contributed by atoms with E-state index in [-0.39, 0.29) is 11.9 Å². The van der Waals surface area contributed by atoms with Crippen LogP contribution in [0.25, 0.3) is 0 Å².